The predicted molar refractivity (Wildman–Crippen MR) is 73.1 cm³/mol. The van der Waals surface area contributed by atoms with Crippen LogP contribution in [0.2, 0.25) is 0 Å². The summed E-state index contributed by atoms with van der Waals surface area (Å²) < 4.78 is 0. The van der Waals surface area contributed by atoms with Crippen LogP contribution in [-0.4, -0.2) is 42.5 Å². The summed E-state index contributed by atoms with van der Waals surface area (Å²) >= 11 is 0. The second-order valence-corrected chi connectivity index (χ2v) is 6.97. The molecule has 18 heavy (non-hydrogen) atoms. The third-order valence-corrected chi connectivity index (χ3v) is 4.16. The molecule has 1 amide bonds. The molecule has 4 heteroatoms. The molecule has 0 aromatic heterocycles. The normalized spacial score (nSPS) is 27.2. The number of amides is 1. The zero-order valence-corrected chi connectivity index (χ0v) is 11.9. The summed E-state index contributed by atoms with van der Waals surface area (Å²) in [7, 11) is 0. The highest BCUT2D eigenvalue weighted by atomic mass is 16.2. The number of likely N-dealkylation sites (tertiary alicyclic amines) is 1. The Morgan fingerprint density at radius 3 is 2.61 bits per heavy atom. The first-order valence-corrected chi connectivity index (χ1v) is 7.15. The van der Waals surface area contributed by atoms with E-state index in [1.165, 1.54) is 25.8 Å². The number of carbonyl (C=O) groups excluding carboxylic acids is 1. The standard InChI is InChI=1S/C14H27N3O/c1-14(2,3)12(15)13(18)16-8-10-6-7-17(9-10)11-4-5-11/h10-12H,4-9,15H2,1-3H3,(H,16,18)/t10?,12-/m0/s1. The molecule has 1 saturated heterocycles. The minimum absolute atomic E-state index is 0.00706. The van der Waals surface area contributed by atoms with E-state index in [0.29, 0.717) is 5.92 Å². The van der Waals surface area contributed by atoms with Crippen molar-refractivity contribution in [2.24, 2.45) is 17.1 Å². The predicted octanol–water partition coefficient (Wildman–Crippen LogP) is 0.960. The summed E-state index contributed by atoms with van der Waals surface area (Å²) in [5, 5.41) is 3.02. The quantitative estimate of drug-likeness (QED) is 0.784. The van der Waals surface area contributed by atoms with E-state index >= 15 is 0 Å². The maximum atomic E-state index is 11.9. The molecule has 2 atom stereocenters. The highest BCUT2D eigenvalue weighted by Crippen LogP contribution is 2.31. The van der Waals surface area contributed by atoms with Crippen LogP contribution in [0.1, 0.15) is 40.0 Å². The highest BCUT2D eigenvalue weighted by Gasteiger charge is 2.34. The van der Waals surface area contributed by atoms with Gasteiger partial charge in [-0.1, -0.05) is 20.8 Å². The van der Waals surface area contributed by atoms with Gasteiger partial charge in [-0.25, -0.2) is 0 Å². The Labute approximate surface area is 110 Å². The molecule has 3 N–H and O–H groups in total. The molecule has 0 aromatic rings. The summed E-state index contributed by atoms with van der Waals surface area (Å²) in [4.78, 5) is 14.5. The van der Waals surface area contributed by atoms with Crippen LogP contribution in [0.3, 0.4) is 0 Å². The lowest BCUT2D eigenvalue weighted by Gasteiger charge is -2.26. The fourth-order valence-electron chi connectivity index (χ4n) is 2.55. The van der Waals surface area contributed by atoms with Gasteiger partial charge in [-0.15, -0.1) is 0 Å². The van der Waals surface area contributed by atoms with Gasteiger partial charge in [0.25, 0.3) is 0 Å². The average Bonchev–Trinajstić information content (AvgIpc) is 3.04. The Morgan fingerprint density at radius 1 is 1.39 bits per heavy atom. The van der Waals surface area contributed by atoms with Crippen molar-refractivity contribution in [3.8, 4) is 0 Å². The smallest absolute Gasteiger partial charge is 0.237 e. The van der Waals surface area contributed by atoms with E-state index < -0.39 is 6.04 Å². The number of nitrogens with one attached hydrogen (secondary N) is 1. The van der Waals surface area contributed by atoms with Crippen molar-refractivity contribution >= 4 is 5.91 Å². The topological polar surface area (TPSA) is 58.4 Å². The van der Waals surface area contributed by atoms with Crippen LogP contribution in [0, 0.1) is 11.3 Å². The van der Waals surface area contributed by atoms with Crippen molar-refractivity contribution in [3.05, 3.63) is 0 Å². The molecule has 2 fully saturated rings. The Bertz CT molecular complexity index is 307. The first-order chi connectivity index (χ1) is 8.38. The molecule has 1 heterocycles. The second-order valence-electron chi connectivity index (χ2n) is 6.97. The Kier molecular flexibility index (Phi) is 3.97. The minimum Gasteiger partial charge on any atom is -0.354 e. The minimum atomic E-state index is -0.418. The zero-order valence-electron chi connectivity index (χ0n) is 11.9. The molecule has 2 rings (SSSR count). The number of hydrogen-bond acceptors (Lipinski definition) is 3. The summed E-state index contributed by atoms with van der Waals surface area (Å²) in [6.45, 7) is 9.14. The summed E-state index contributed by atoms with van der Waals surface area (Å²) in [5.41, 5.74) is 5.78. The van der Waals surface area contributed by atoms with Crippen LogP contribution >= 0.6 is 0 Å². The fraction of sp³-hybridized carbons (Fsp3) is 0.929. The van der Waals surface area contributed by atoms with Crippen molar-refractivity contribution in [1.82, 2.24) is 10.2 Å². The molecule has 1 aliphatic heterocycles. The SMILES string of the molecule is CC(C)(C)[C@@H](N)C(=O)NCC1CCN(C2CC2)C1. The third-order valence-electron chi connectivity index (χ3n) is 4.16. The van der Waals surface area contributed by atoms with Crippen molar-refractivity contribution in [3.63, 3.8) is 0 Å². The van der Waals surface area contributed by atoms with Crippen LogP contribution in [0.25, 0.3) is 0 Å². The number of carbonyl (C=O) groups is 1. The van der Waals surface area contributed by atoms with Gasteiger partial charge in [0.2, 0.25) is 5.91 Å². The van der Waals surface area contributed by atoms with Crippen molar-refractivity contribution in [2.75, 3.05) is 19.6 Å². The van der Waals surface area contributed by atoms with Gasteiger partial charge in [0, 0.05) is 19.1 Å². The number of nitrogens with two attached hydrogens (primary N) is 1. The monoisotopic (exact) mass is 253 g/mol. The summed E-state index contributed by atoms with van der Waals surface area (Å²) in [5.74, 6) is 0.606. The van der Waals surface area contributed by atoms with E-state index in [4.69, 9.17) is 5.73 Å². The molecule has 0 aromatic carbocycles. The first kappa shape index (κ1) is 13.8. The van der Waals surface area contributed by atoms with Crippen molar-refractivity contribution in [2.45, 2.75) is 52.1 Å². The van der Waals surface area contributed by atoms with Gasteiger partial charge < -0.3 is 16.0 Å². The van der Waals surface area contributed by atoms with E-state index in [0.717, 1.165) is 19.1 Å². The largest absolute Gasteiger partial charge is 0.354 e. The number of nitrogens with zero attached hydrogens (tertiary/aromatic N) is 1. The average molecular weight is 253 g/mol. The number of rotatable bonds is 4. The van der Waals surface area contributed by atoms with Gasteiger partial charge in [-0.3, -0.25) is 4.79 Å². The van der Waals surface area contributed by atoms with E-state index in [1.807, 2.05) is 20.8 Å². The van der Waals surface area contributed by atoms with Crippen molar-refractivity contribution in [1.29, 1.82) is 0 Å². The highest BCUT2D eigenvalue weighted by molar-refractivity contribution is 5.82. The molecule has 1 unspecified atom stereocenters. The van der Waals surface area contributed by atoms with Crippen LogP contribution < -0.4 is 11.1 Å². The molecule has 1 saturated carbocycles. The molecule has 104 valence electrons. The maximum Gasteiger partial charge on any atom is 0.237 e. The zero-order chi connectivity index (χ0) is 13.3. The lowest BCUT2D eigenvalue weighted by atomic mass is 9.87. The second kappa shape index (κ2) is 5.17. The Balaban J connectivity index is 1.70. The van der Waals surface area contributed by atoms with Crippen LogP contribution in [-0.2, 0) is 4.79 Å². The summed E-state index contributed by atoms with van der Waals surface area (Å²) in [6.07, 6.45) is 3.95. The molecule has 0 radical (unpaired) electrons. The molecular weight excluding hydrogens is 226 g/mol. The molecule has 1 aliphatic carbocycles. The van der Waals surface area contributed by atoms with Crippen LogP contribution in [0.4, 0.5) is 0 Å². The Hall–Kier alpha value is -0.610. The fourth-order valence-corrected chi connectivity index (χ4v) is 2.55. The summed E-state index contributed by atoms with van der Waals surface area (Å²) in [6, 6.07) is 0.431. The number of hydrogen-bond donors (Lipinski definition) is 2. The molecule has 2 aliphatic rings. The lowest BCUT2D eigenvalue weighted by Crippen LogP contribution is -2.49. The molecule has 0 spiro atoms. The first-order valence-electron chi connectivity index (χ1n) is 7.15. The van der Waals surface area contributed by atoms with Crippen LogP contribution in [0.15, 0.2) is 0 Å². The van der Waals surface area contributed by atoms with E-state index in [2.05, 4.69) is 10.2 Å². The van der Waals surface area contributed by atoms with Gasteiger partial charge in [0.15, 0.2) is 0 Å². The van der Waals surface area contributed by atoms with Gasteiger partial charge in [0.05, 0.1) is 6.04 Å². The van der Waals surface area contributed by atoms with E-state index in [9.17, 15) is 4.79 Å². The van der Waals surface area contributed by atoms with Crippen molar-refractivity contribution < 1.29 is 4.79 Å². The van der Waals surface area contributed by atoms with Gasteiger partial charge >= 0.3 is 0 Å². The van der Waals surface area contributed by atoms with Crippen LogP contribution in [0.5, 0.6) is 0 Å². The maximum absolute atomic E-state index is 11.9. The van der Waals surface area contributed by atoms with E-state index in [-0.39, 0.29) is 11.3 Å². The molecule has 0 bridgehead atoms. The molecular formula is C14H27N3O. The molecule has 4 nitrogen and oxygen atoms in total. The Morgan fingerprint density at radius 2 is 2.06 bits per heavy atom. The third kappa shape index (κ3) is 3.45. The van der Waals surface area contributed by atoms with Gasteiger partial charge in [-0.2, -0.15) is 0 Å². The van der Waals surface area contributed by atoms with E-state index in [1.54, 1.807) is 0 Å². The lowest BCUT2D eigenvalue weighted by molar-refractivity contribution is -0.124. The van der Waals surface area contributed by atoms with Gasteiger partial charge in [0.1, 0.15) is 0 Å². The van der Waals surface area contributed by atoms with Gasteiger partial charge in [-0.05, 0) is 37.1 Å².